The predicted octanol–water partition coefficient (Wildman–Crippen LogP) is 1.15. The van der Waals surface area contributed by atoms with E-state index in [1.165, 1.54) is 0 Å². The van der Waals surface area contributed by atoms with Crippen molar-refractivity contribution in [1.82, 2.24) is 5.32 Å². The Morgan fingerprint density at radius 3 is 2.78 bits per heavy atom. The summed E-state index contributed by atoms with van der Waals surface area (Å²) in [5.41, 5.74) is 0.0377. The lowest BCUT2D eigenvalue weighted by molar-refractivity contribution is 0.573. The summed E-state index contributed by atoms with van der Waals surface area (Å²) < 4.78 is 0. The minimum atomic E-state index is 0. The lowest BCUT2D eigenvalue weighted by Gasteiger charge is -2.03. The second-order valence-corrected chi connectivity index (χ2v) is 2.67. The number of rotatable bonds is 3. The van der Waals surface area contributed by atoms with Crippen molar-refractivity contribution in [2.75, 3.05) is 13.1 Å². The van der Waals surface area contributed by atoms with E-state index in [2.05, 4.69) is 18.3 Å². The molecule has 52 valence electrons. The van der Waals surface area contributed by atoms with Gasteiger partial charge in [-0.05, 0) is 19.4 Å². The number of hydrogen-bond acceptors (Lipinski definition) is 2. The van der Waals surface area contributed by atoms with E-state index in [1.807, 2.05) is 0 Å². The Labute approximate surface area is 57.4 Å². The highest BCUT2D eigenvalue weighted by Gasteiger charge is 2.42. The summed E-state index contributed by atoms with van der Waals surface area (Å²) >= 11 is 0. The van der Waals surface area contributed by atoms with Crippen LogP contribution in [0.5, 0.6) is 0 Å². The smallest absolute Gasteiger partial charge is 0.0703 e. The first-order chi connectivity index (χ1) is 4.33. The van der Waals surface area contributed by atoms with Crippen molar-refractivity contribution in [1.29, 1.82) is 5.26 Å². The molecule has 0 bridgehead atoms. The summed E-state index contributed by atoms with van der Waals surface area (Å²) in [6.45, 7) is 3.93. The van der Waals surface area contributed by atoms with Crippen molar-refractivity contribution in [3.63, 3.8) is 0 Å². The first-order valence-corrected chi connectivity index (χ1v) is 3.45. The molecule has 0 atom stereocenters. The molecule has 1 aliphatic rings. The Morgan fingerprint density at radius 2 is 2.44 bits per heavy atom. The predicted molar refractivity (Wildman–Crippen MR) is 37.9 cm³/mol. The largest absolute Gasteiger partial charge is 0.315 e. The first-order valence-electron chi connectivity index (χ1n) is 3.45. The Balaban J connectivity index is 0.000000810. The third-order valence-electron chi connectivity index (χ3n) is 1.80. The number of nitrogens with zero attached hydrogens (tertiary/aromatic N) is 1. The highest BCUT2D eigenvalue weighted by molar-refractivity contribution is 5.10. The molecule has 0 heterocycles. The fourth-order valence-electron chi connectivity index (χ4n) is 0.843. The zero-order valence-corrected chi connectivity index (χ0v) is 5.78. The maximum atomic E-state index is 8.59. The fraction of sp³-hybridized carbons (Fsp3) is 0.857. The van der Waals surface area contributed by atoms with E-state index in [0.717, 1.165) is 25.9 Å². The summed E-state index contributed by atoms with van der Waals surface area (Å²) in [5.74, 6) is 0. The average Bonchev–Trinajstić information content (AvgIpc) is 2.65. The van der Waals surface area contributed by atoms with Gasteiger partial charge < -0.3 is 5.32 Å². The van der Waals surface area contributed by atoms with Crippen molar-refractivity contribution < 1.29 is 1.43 Å². The van der Waals surface area contributed by atoms with Crippen molar-refractivity contribution >= 4 is 0 Å². The van der Waals surface area contributed by atoms with Crippen LogP contribution in [0.4, 0.5) is 0 Å². The molecule has 1 fully saturated rings. The van der Waals surface area contributed by atoms with Crippen molar-refractivity contribution in [2.45, 2.75) is 19.8 Å². The SMILES string of the molecule is CCNCC1(C#N)CC1.[HH]. The molecule has 0 saturated heterocycles. The standard InChI is InChI=1S/C7H12N2.H2/c1-2-9-6-7(5-8)3-4-7;/h9H,2-4,6H2,1H3;1H. The molecule has 1 N–H and O–H groups in total. The van der Waals surface area contributed by atoms with E-state index in [9.17, 15) is 0 Å². The lowest BCUT2D eigenvalue weighted by atomic mass is 10.1. The van der Waals surface area contributed by atoms with E-state index >= 15 is 0 Å². The van der Waals surface area contributed by atoms with Crippen molar-refractivity contribution in [2.24, 2.45) is 5.41 Å². The van der Waals surface area contributed by atoms with Crippen LogP contribution in [0.25, 0.3) is 0 Å². The molecular weight excluding hydrogens is 112 g/mol. The second-order valence-electron chi connectivity index (χ2n) is 2.67. The molecule has 0 aliphatic heterocycles. The number of nitrogens with one attached hydrogen (secondary N) is 1. The van der Waals surface area contributed by atoms with Gasteiger partial charge in [0.15, 0.2) is 0 Å². The zero-order chi connectivity index (χ0) is 6.74. The average molecular weight is 126 g/mol. The molecule has 1 saturated carbocycles. The van der Waals surface area contributed by atoms with E-state index in [4.69, 9.17) is 5.26 Å². The molecule has 0 aromatic rings. The van der Waals surface area contributed by atoms with E-state index in [1.54, 1.807) is 0 Å². The highest BCUT2D eigenvalue weighted by Crippen LogP contribution is 2.43. The molecule has 1 aliphatic carbocycles. The van der Waals surface area contributed by atoms with Crippen LogP contribution in [0, 0.1) is 16.7 Å². The van der Waals surface area contributed by atoms with Gasteiger partial charge in [0.05, 0.1) is 11.5 Å². The van der Waals surface area contributed by atoms with Gasteiger partial charge in [-0.25, -0.2) is 0 Å². The van der Waals surface area contributed by atoms with Crippen LogP contribution in [-0.2, 0) is 0 Å². The fourth-order valence-corrected chi connectivity index (χ4v) is 0.843. The van der Waals surface area contributed by atoms with Crippen LogP contribution in [-0.4, -0.2) is 13.1 Å². The summed E-state index contributed by atoms with van der Waals surface area (Å²) in [6.07, 6.45) is 2.19. The Morgan fingerprint density at radius 1 is 1.78 bits per heavy atom. The Hall–Kier alpha value is -0.550. The highest BCUT2D eigenvalue weighted by atomic mass is 14.9. The van der Waals surface area contributed by atoms with Gasteiger partial charge in [-0.1, -0.05) is 6.92 Å². The zero-order valence-electron chi connectivity index (χ0n) is 5.78. The van der Waals surface area contributed by atoms with Crippen LogP contribution in [0.3, 0.4) is 0 Å². The molecule has 2 heteroatoms. The topological polar surface area (TPSA) is 35.8 Å². The molecule has 0 spiro atoms. The third-order valence-corrected chi connectivity index (χ3v) is 1.80. The minimum Gasteiger partial charge on any atom is -0.315 e. The van der Waals surface area contributed by atoms with Crippen molar-refractivity contribution in [3.05, 3.63) is 0 Å². The Kier molecular flexibility index (Phi) is 1.73. The molecule has 9 heavy (non-hydrogen) atoms. The third kappa shape index (κ3) is 1.43. The maximum absolute atomic E-state index is 8.59. The summed E-state index contributed by atoms with van der Waals surface area (Å²) in [7, 11) is 0. The molecule has 0 amide bonds. The van der Waals surface area contributed by atoms with Gasteiger partial charge in [0.2, 0.25) is 0 Å². The monoisotopic (exact) mass is 126 g/mol. The molecule has 0 aromatic carbocycles. The van der Waals surface area contributed by atoms with Gasteiger partial charge in [0.25, 0.3) is 0 Å². The van der Waals surface area contributed by atoms with Gasteiger partial charge in [-0.15, -0.1) is 0 Å². The van der Waals surface area contributed by atoms with Gasteiger partial charge in [0.1, 0.15) is 0 Å². The van der Waals surface area contributed by atoms with Crippen LogP contribution in [0.15, 0.2) is 0 Å². The van der Waals surface area contributed by atoms with Crippen LogP contribution in [0.2, 0.25) is 0 Å². The molecular formula is C7H14N2. The lowest BCUT2D eigenvalue weighted by Crippen LogP contribution is -2.22. The van der Waals surface area contributed by atoms with Gasteiger partial charge >= 0.3 is 0 Å². The van der Waals surface area contributed by atoms with Crippen LogP contribution >= 0.6 is 0 Å². The van der Waals surface area contributed by atoms with E-state index < -0.39 is 0 Å². The van der Waals surface area contributed by atoms with Gasteiger partial charge in [-0.3, -0.25) is 0 Å². The summed E-state index contributed by atoms with van der Waals surface area (Å²) in [5, 5.41) is 11.8. The minimum absolute atomic E-state index is 0. The molecule has 0 unspecified atom stereocenters. The van der Waals surface area contributed by atoms with Gasteiger partial charge in [0, 0.05) is 7.97 Å². The second kappa shape index (κ2) is 2.36. The van der Waals surface area contributed by atoms with E-state index in [0.29, 0.717) is 0 Å². The molecule has 0 radical (unpaired) electrons. The van der Waals surface area contributed by atoms with Crippen LogP contribution < -0.4 is 5.32 Å². The normalized spacial score (nSPS) is 20.9. The Bertz CT molecular complexity index is 135. The van der Waals surface area contributed by atoms with Crippen LogP contribution in [0.1, 0.15) is 21.2 Å². The quantitative estimate of drug-likeness (QED) is 0.615. The maximum Gasteiger partial charge on any atom is 0.0703 e. The summed E-state index contributed by atoms with van der Waals surface area (Å²) in [6, 6.07) is 2.32. The summed E-state index contributed by atoms with van der Waals surface area (Å²) in [4.78, 5) is 0. The van der Waals surface area contributed by atoms with Gasteiger partial charge in [-0.2, -0.15) is 5.26 Å². The molecule has 0 aromatic heterocycles. The number of hydrogen-bond donors (Lipinski definition) is 1. The van der Waals surface area contributed by atoms with Crippen molar-refractivity contribution in [3.8, 4) is 6.07 Å². The molecule has 2 nitrogen and oxygen atoms in total. The molecule has 1 rings (SSSR count). The number of nitriles is 1. The first kappa shape index (κ1) is 6.57. The van der Waals surface area contributed by atoms with E-state index in [-0.39, 0.29) is 6.84 Å².